The maximum absolute atomic E-state index is 5.54. The Labute approximate surface area is 111 Å². The molecule has 0 aromatic heterocycles. The molecule has 0 amide bonds. The van der Waals surface area contributed by atoms with Gasteiger partial charge in [0.25, 0.3) is 0 Å². The van der Waals surface area contributed by atoms with Gasteiger partial charge in [-0.25, -0.2) is 0 Å². The highest BCUT2D eigenvalue weighted by atomic mass is 16.5. The highest BCUT2D eigenvalue weighted by Crippen LogP contribution is 2.36. The molecule has 0 unspecified atom stereocenters. The summed E-state index contributed by atoms with van der Waals surface area (Å²) >= 11 is 0. The standard InChI is InChI=1S/C17H24O/c1-8-10-14-13(9-2)15(17(4,5)6)11-12(3)16(14)18-7/h10-11H,1,9H2,2-7H3. The van der Waals surface area contributed by atoms with Gasteiger partial charge in [0, 0.05) is 5.56 Å². The molecule has 18 heavy (non-hydrogen) atoms. The first-order chi connectivity index (χ1) is 8.36. The van der Waals surface area contributed by atoms with Gasteiger partial charge in [-0.3, -0.25) is 0 Å². The van der Waals surface area contributed by atoms with Gasteiger partial charge in [0.15, 0.2) is 0 Å². The van der Waals surface area contributed by atoms with E-state index in [0.29, 0.717) is 0 Å². The molecule has 0 aliphatic carbocycles. The quantitative estimate of drug-likeness (QED) is 0.703. The molecule has 98 valence electrons. The first-order valence-corrected chi connectivity index (χ1v) is 6.43. The zero-order chi connectivity index (χ0) is 13.9. The molecule has 0 atom stereocenters. The Kier molecular flexibility index (Phi) is 4.43. The van der Waals surface area contributed by atoms with Gasteiger partial charge in [-0.1, -0.05) is 40.3 Å². The molecule has 0 saturated heterocycles. The molecule has 0 aliphatic heterocycles. The van der Waals surface area contributed by atoms with E-state index in [1.165, 1.54) is 16.7 Å². The van der Waals surface area contributed by atoms with Gasteiger partial charge >= 0.3 is 0 Å². The Balaban J connectivity index is 3.73. The predicted molar refractivity (Wildman–Crippen MR) is 79.4 cm³/mol. The molecule has 0 spiro atoms. The molecule has 0 heterocycles. The fourth-order valence-electron chi connectivity index (χ4n) is 2.44. The maximum Gasteiger partial charge on any atom is 0.129 e. The number of aryl methyl sites for hydroxylation is 1. The Hall–Kier alpha value is -1.46. The van der Waals surface area contributed by atoms with Crippen LogP contribution in [0.5, 0.6) is 5.75 Å². The van der Waals surface area contributed by atoms with Crippen LogP contribution in [-0.4, -0.2) is 7.11 Å². The molecule has 0 aliphatic rings. The second-order valence-electron chi connectivity index (χ2n) is 5.62. The van der Waals surface area contributed by atoms with Gasteiger partial charge in [-0.15, -0.1) is 5.73 Å². The van der Waals surface area contributed by atoms with Gasteiger partial charge in [0.2, 0.25) is 0 Å². The van der Waals surface area contributed by atoms with Crippen molar-refractivity contribution in [3.8, 4) is 5.75 Å². The van der Waals surface area contributed by atoms with E-state index in [9.17, 15) is 0 Å². The fourth-order valence-corrected chi connectivity index (χ4v) is 2.44. The van der Waals surface area contributed by atoms with Crippen molar-refractivity contribution >= 4 is 6.08 Å². The van der Waals surface area contributed by atoms with Crippen molar-refractivity contribution in [1.82, 2.24) is 0 Å². The lowest BCUT2D eigenvalue weighted by atomic mass is 9.80. The van der Waals surface area contributed by atoms with E-state index >= 15 is 0 Å². The lowest BCUT2D eigenvalue weighted by Crippen LogP contribution is -2.16. The maximum atomic E-state index is 5.54. The molecule has 0 bridgehead atoms. The van der Waals surface area contributed by atoms with E-state index in [-0.39, 0.29) is 5.41 Å². The van der Waals surface area contributed by atoms with Crippen LogP contribution in [0.25, 0.3) is 6.08 Å². The third-order valence-corrected chi connectivity index (χ3v) is 3.23. The summed E-state index contributed by atoms with van der Waals surface area (Å²) in [5.41, 5.74) is 8.02. The zero-order valence-electron chi connectivity index (χ0n) is 12.5. The molecular formula is C17H24O. The van der Waals surface area contributed by atoms with Crippen LogP contribution in [0.4, 0.5) is 0 Å². The smallest absolute Gasteiger partial charge is 0.129 e. The Morgan fingerprint density at radius 2 is 2.00 bits per heavy atom. The molecule has 1 aromatic rings. The van der Waals surface area contributed by atoms with Crippen LogP contribution < -0.4 is 4.74 Å². The summed E-state index contributed by atoms with van der Waals surface area (Å²) in [5, 5.41) is 0. The van der Waals surface area contributed by atoms with Crippen LogP contribution in [0.2, 0.25) is 0 Å². The molecular weight excluding hydrogens is 220 g/mol. The third-order valence-electron chi connectivity index (χ3n) is 3.23. The summed E-state index contributed by atoms with van der Waals surface area (Å²) < 4.78 is 5.54. The van der Waals surface area contributed by atoms with Crippen molar-refractivity contribution < 1.29 is 4.74 Å². The number of hydrogen-bond donors (Lipinski definition) is 0. The molecule has 1 rings (SSSR count). The van der Waals surface area contributed by atoms with Crippen molar-refractivity contribution in [3.63, 3.8) is 0 Å². The highest BCUT2D eigenvalue weighted by Gasteiger charge is 2.22. The topological polar surface area (TPSA) is 9.23 Å². The van der Waals surface area contributed by atoms with E-state index in [4.69, 9.17) is 4.74 Å². The molecule has 0 saturated carbocycles. The number of benzene rings is 1. The van der Waals surface area contributed by atoms with E-state index in [1.54, 1.807) is 7.11 Å². The third kappa shape index (κ3) is 2.68. The van der Waals surface area contributed by atoms with Crippen molar-refractivity contribution in [3.05, 3.63) is 40.6 Å². The van der Waals surface area contributed by atoms with Crippen LogP contribution in [0.1, 0.15) is 49.9 Å². The minimum Gasteiger partial charge on any atom is -0.496 e. The fraction of sp³-hybridized carbons (Fsp3) is 0.471. The summed E-state index contributed by atoms with van der Waals surface area (Å²) in [6.45, 7) is 14.7. The van der Waals surface area contributed by atoms with E-state index in [0.717, 1.165) is 17.7 Å². The molecule has 0 N–H and O–H groups in total. The highest BCUT2D eigenvalue weighted by molar-refractivity contribution is 5.66. The van der Waals surface area contributed by atoms with E-state index < -0.39 is 0 Å². The van der Waals surface area contributed by atoms with Gasteiger partial charge in [-0.2, -0.15) is 0 Å². The average Bonchev–Trinajstić information content (AvgIpc) is 2.28. The molecule has 0 fully saturated rings. The second-order valence-corrected chi connectivity index (χ2v) is 5.62. The van der Waals surface area contributed by atoms with Crippen molar-refractivity contribution in [2.45, 2.75) is 46.5 Å². The summed E-state index contributed by atoms with van der Waals surface area (Å²) in [7, 11) is 1.72. The van der Waals surface area contributed by atoms with Crippen molar-refractivity contribution in [1.29, 1.82) is 0 Å². The number of hydrogen-bond acceptors (Lipinski definition) is 1. The van der Waals surface area contributed by atoms with Gasteiger partial charge < -0.3 is 4.74 Å². The summed E-state index contributed by atoms with van der Waals surface area (Å²) in [4.78, 5) is 0. The number of rotatable bonds is 3. The Bertz CT molecular complexity index is 483. The monoisotopic (exact) mass is 244 g/mol. The zero-order valence-corrected chi connectivity index (χ0v) is 12.5. The lowest BCUT2D eigenvalue weighted by Gasteiger charge is -2.26. The summed E-state index contributed by atoms with van der Waals surface area (Å²) in [6.07, 6.45) is 2.91. The van der Waals surface area contributed by atoms with Crippen LogP contribution in [0.15, 0.2) is 18.4 Å². The second kappa shape index (κ2) is 5.46. The van der Waals surface area contributed by atoms with Crippen LogP contribution in [0.3, 0.4) is 0 Å². The molecule has 1 nitrogen and oxygen atoms in total. The van der Waals surface area contributed by atoms with Crippen LogP contribution >= 0.6 is 0 Å². The lowest BCUT2D eigenvalue weighted by molar-refractivity contribution is 0.409. The van der Waals surface area contributed by atoms with Crippen molar-refractivity contribution in [2.24, 2.45) is 0 Å². The first-order valence-electron chi connectivity index (χ1n) is 6.43. The summed E-state index contributed by atoms with van der Waals surface area (Å²) in [5.74, 6) is 0.941. The predicted octanol–water partition coefficient (Wildman–Crippen LogP) is 4.66. The van der Waals surface area contributed by atoms with E-state index in [1.807, 2.05) is 6.08 Å². The Morgan fingerprint density at radius 3 is 2.39 bits per heavy atom. The van der Waals surface area contributed by atoms with Gasteiger partial charge in [0.1, 0.15) is 5.75 Å². The molecule has 1 aromatic carbocycles. The average molecular weight is 244 g/mol. The minimum atomic E-state index is 0.131. The van der Waals surface area contributed by atoms with Gasteiger partial charge in [0.05, 0.1) is 7.11 Å². The first kappa shape index (κ1) is 14.6. The summed E-state index contributed by atoms with van der Waals surface area (Å²) in [6, 6.07) is 2.25. The number of ether oxygens (including phenoxy) is 1. The largest absolute Gasteiger partial charge is 0.496 e. The normalized spacial score (nSPS) is 11.0. The Morgan fingerprint density at radius 1 is 1.39 bits per heavy atom. The van der Waals surface area contributed by atoms with Gasteiger partial charge in [-0.05, 0) is 41.5 Å². The van der Waals surface area contributed by atoms with E-state index in [2.05, 4.69) is 53.0 Å². The SMILES string of the molecule is C=C=Cc1c(CC)c(C(C)(C)C)cc(C)c1OC. The molecule has 0 radical (unpaired) electrons. The number of methoxy groups -OCH3 is 1. The minimum absolute atomic E-state index is 0.131. The van der Waals surface area contributed by atoms with Crippen LogP contribution in [-0.2, 0) is 11.8 Å². The van der Waals surface area contributed by atoms with Crippen LogP contribution in [0, 0.1) is 6.92 Å². The molecule has 1 heteroatoms. The van der Waals surface area contributed by atoms with Crippen molar-refractivity contribution in [2.75, 3.05) is 7.11 Å².